The maximum Gasteiger partial charge on any atom is 0.225 e. The highest BCUT2D eigenvalue weighted by Gasteiger charge is 2.25. The van der Waals surface area contributed by atoms with Gasteiger partial charge in [0.05, 0.1) is 13.3 Å². The van der Waals surface area contributed by atoms with Gasteiger partial charge in [-0.2, -0.15) is 0 Å². The molecule has 1 aromatic rings. The number of hydrogen-bond acceptors (Lipinski definition) is 3. The molecule has 1 aliphatic rings. The average molecular weight is 259 g/mol. The smallest absolute Gasteiger partial charge is 0.225 e. The molecular weight excluding hydrogens is 247 g/mol. The molecule has 92 valence electrons. The number of amides is 1. The number of ether oxygens (including phenoxy) is 1. The number of nitrogens with one attached hydrogen (secondary N) is 1. The first kappa shape index (κ1) is 12.1. The van der Waals surface area contributed by atoms with Crippen molar-refractivity contribution in [1.29, 1.82) is 0 Å². The Morgan fingerprint density at radius 3 is 3.00 bits per heavy atom. The molecule has 0 bridgehead atoms. The number of methoxy groups -OCH3 is 1. The van der Waals surface area contributed by atoms with E-state index in [4.69, 9.17) is 16.3 Å². The van der Waals surface area contributed by atoms with Gasteiger partial charge in [-0.3, -0.25) is 4.79 Å². The van der Waals surface area contributed by atoms with E-state index in [1.165, 1.54) is 7.11 Å². The van der Waals surface area contributed by atoms with Crippen molar-refractivity contribution in [2.75, 3.05) is 12.4 Å². The third-order valence-corrected chi connectivity index (χ3v) is 2.92. The van der Waals surface area contributed by atoms with E-state index >= 15 is 0 Å². The van der Waals surface area contributed by atoms with Crippen LogP contribution >= 0.6 is 11.6 Å². The third-order valence-electron chi connectivity index (χ3n) is 2.56. The first-order chi connectivity index (χ1) is 8.11. The quantitative estimate of drug-likeness (QED) is 0.903. The summed E-state index contributed by atoms with van der Waals surface area (Å²) in [4.78, 5) is 15.3. The monoisotopic (exact) mass is 258 g/mol. The molecule has 6 heteroatoms. The second kappa shape index (κ2) is 4.87. The fourth-order valence-electron chi connectivity index (χ4n) is 1.49. The number of aromatic nitrogens is 1. The molecule has 1 heterocycles. The normalized spacial score (nSPS) is 14.5. The maximum atomic E-state index is 13.1. The van der Waals surface area contributed by atoms with Crippen molar-refractivity contribution in [2.24, 2.45) is 5.92 Å². The van der Waals surface area contributed by atoms with Gasteiger partial charge in [0.25, 0.3) is 0 Å². The summed E-state index contributed by atoms with van der Waals surface area (Å²) in [7, 11) is 1.35. The largest absolute Gasteiger partial charge is 0.491 e. The van der Waals surface area contributed by atoms with E-state index in [-0.39, 0.29) is 22.5 Å². The second-order valence-electron chi connectivity index (χ2n) is 4.00. The van der Waals surface area contributed by atoms with Crippen LogP contribution in [-0.4, -0.2) is 18.0 Å². The Labute approximate surface area is 103 Å². The number of carbonyl (C=O) groups excluding carboxylic acids is 1. The summed E-state index contributed by atoms with van der Waals surface area (Å²) in [5.41, 5.74) is 0. The van der Waals surface area contributed by atoms with Crippen molar-refractivity contribution in [1.82, 2.24) is 4.98 Å². The number of carbonyl (C=O) groups is 1. The molecule has 0 aliphatic heterocycles. The fraction of sp³-hybridized carbons (Fsp3) is 0.455. The van der Waals surface area contributed by atoms with Crippen LogP contribution < -0.4 is 10.1 Å². The number of hydrogen-bond donors (Lipinski definition) is 1. The summed E-state index contributed by atoms with van der Waals surface area (Å²) in [6.07, 6.45) is 3.59. The topological polar surface area (TPSA) is 51.2 Å². The van der Waals surface area contributed by atoms with Crippen LogP contribution in [0.1, 0.15) is 19.3 Å². The first-order valence-corrected chi connectivity index (χ1v) is 5.67. The lowest BCUT2D eigenvalue weighted by Gasteiger charge is -2.10. The first-order valence-electron chi connectivity index (χ1n) is 5.29. The zero-order valence-corrected chi connectivity index (χ0v) is 10.1. The lowest BCUT2D eigenvalue weighted by atomic mass is 10.3. The summed E-state index contributed by atoms with van der Waals surface area (Å²) >= 11 is 5.71. The standard InChI is InChI=1S/C11H12ClFN2O2/c1-17-10-9(12)7(13)5-14-11(10)15-8(16)4-6-2-3-6/h5-6H,2-4H2,1H3,(H,14,15,16). The van der Waals surface area contributed by atoms with Crippen molar-refractivity contribution < 1.29 is 13.9 Å². The summed E-state index contributed by atoms with van der Waals surface area (Å²) in [6.45, 7) is 0. The van der Waals surface area contributed by atoms with Crippen molar-refractivity contribution in [3.05, 3.63) is 17.0 Å². The van der Waals surface area contributed by atoms with E-state index in [9.17, 15) is 9.18 Å². The summed E-state index contributed by atoms with van der Waals surface area (Å²) in [5.74, 6) is -0.151. The summed E-state index contributed by atoms with van der Waals surface area (Å²) < 4.78 is 18.0. The van der Waals surface area contributed by atoms with Crippen LogP contribution in [0.4, 0.5) is 10.2 Å². The molecule has 0 aromatic carbocycles. The highest BCUT2D eigenvalue weighted by Crippen LogP contribution is 2.35. The predicted molar refractivity (Wildman–Crippen MR) is 61.7 cm³/mol. The van der Waals surface area contributed by atoms with Crippen molar-refractivity contribution in [3.8, 4) is 5.75 Å². The van der Waals surface area contributed by atoms with Crippen LogP contribution in [0.5, 0.6) is 5.75 Å². The number of rotatable bonds is 4. The molecule has 1 amide bonds. The molecule has 17 heavy (non-hydrogen) atoms. The minimum absolute atomic E-state index is 0.0517. The molecule has 0 spiro atoms. The molecule has 0 saturated heterocycles. The minimum Gasteiger partial charge on any atom is -0.491 e. The molecule has 1 fully saturated rings. The van der Waals surface area contributed by atoms with Gasteiger partial charge in [0, 0.05) is 6.42 Å². The molecule has 0 unspecified atom stereocenters. The van der Waals surface area contributed by atoms with Gasteiger partial charge in [-0.1, -0.05) is 11.6 Å². The average Bonchev–Trinajstić information content (AvgIpc) is 3.08. The predicted octanol–water partition coefficient (Wildman–Crippen LogP) is 2.62. The Morgan fingerprint density at radius 2 is 2.41 bits per heavy atom. The zero-order chi connectivity index (χ0) is 12.4. The van der Waals surface area contributed by atoms with Crippen LogP contribution in [0, 0.1) is 11.7 Å². The Hall–Kier alpha value is -1.36. The molecule has 1 saturated carbocycles. The SMILES string of the molecule is COc1c(NC(=O)CC2CC2)ncc(F)c1Cl. The lowest BCUT2D eigenvalue weighted by molar-refractivity contribution is -0.116. The Bertz CT molecular complexity index is 449. The highest BCUT2D eigenvalue weighted by molar-refractivity contribution is 6.32. The maximum absolute atomic E-state index is 13.1. The lowest BCUT2D eigenvalue weighted by Crippen LogP contribution is -2.14. The van der Waals surface area contributed by atoms with Gasteiger partial charge in [0.2, 0.25) is 5.91 Å². The van der Waals surface area contributed by atoms with Gasteiger partial charge >= 0.3 is 0 Å². The van der Waals surface area contributed by atoms with Crippen LogP contribution in [0.15, 0.2) is 6.20 Å². The molecule has 0 radical (unpaired) electrons. The Balaban J connectivity index is 2.13. The van der Waals surface area contributed by atoms with Crippen molar-refractivity contribution in [2.45, 2.75) is 19.3 Å². The fourth-order valence-corrected chi connectivity index (χ4v) is 1.71. The zero-order valence-electron chi connectivity index (χ0n) is 9.30. The minimum atomic E-state index is -0.677. The van der Waals surface area contributed by atoms with E-state index in [0.717, 1.165) is 19.0 Å². The Kier molecular flexibility index (Phi) is 3.47. The van der Waals surface area contributed by atoms with E-state index in [1.54, 1.807) is 0 Å². The van der Waals surface area contributed by atoms with Gasteiger partial charge in [0.1, 0.15) is 5.02 Å². The highest BCUT2D eigenvalue weighted by atomic mass is 35.5. The van der Waals surface area contributed by atoms with Gasteiger partial charge in [-0.15, -0.1) is 0 Å². The second-order valence-corrected chi connectivity index (χ2v) is 4.38. The van der Waals surface area contributed by atoms with E-state index in [0.29, 0.717) is 12.3 Å². The van der Waals surface area contributed by atoms with Gasteiger partial charge in [0.15, 0.2) is 17.4 Å². The number of pyridine rings is 1. The number of nitrogens with zero attached hydrogens (tertiary/aromatic N) is 1. The van der Waals surface area contributed by atoms with Crippen LogP contribution in [0.25, 0.3) is 0 Å². The molecular formula is C11H12ClFN2O2. The molecule has 2 rings (SSSR count). The summed E-state index contributed by atoms with van der Waals surface area (Å²) in [5, 5.41) is 2.40. The van der Waals surface area contributed by atoms with Gasteiger partial charge in [-0.25, -0.2) is 9.37 Å². The van der Waals surface area contributed by atoms with Gasteiger partial charge in [-0.05, 0) is 18.8 Å². The summed E-state index contributed by atoms with van der Waals surface area (Å²) in [6, 6.07) is 0. The van der Waals surface area contributed by atoms with Crippen LogP contribution in [-0.2, 0) is 4.79 Å². The van der Waals surface area contributed by atoms with Gasteiger partial charge < -0.3 is 10.1 Å². The molecule has 1 N–H and O–H groups in total. The van der Waals surface area contributed by atoms with Crippen molar-refractivity contribution >= 4 is 23.3 Å². The molecule has 1 aliphatic carbocycles. The van der Waals surface area contributed by atoms with E-state index in [2.05, 4.69) is 10.3 Å². The number of halogens is 2. The molecule has 0 atom stereocenters. The van der Waals surface area contributed by atoms with E-state index < -0.39 is 5.82 Å². The number of anilines is 1. The van der Waals surface area contributed by atoms with Crippen LogP contribution in [0.3, 0.4) is 0 Å². The Morgan fingerprint density at radius 1 is 1.71 bits per heavy atom. The third kappa shape index (κ3) is 2.85. The molecule has 4 nitrogen and oxygen atoms in total. The van der Waals surface area contributed by atoms with E-state index in [1.807, 2.05) is 0 Å². The van der Waals surface area contributed by atoms with Crippen LogP contribution in [0.2, 0.25) is 5.02 Å². The van der Waals surface area contributed by atoms with Crippen molar-refractivity contribution in [3.63, 3.8) is 0 Å². The molecule has 1 aromatic heterocycles.